The van der Waals surface area contributed by atoms with E-state index in [1.807, 2.05) is 24.2 Å². The molecule has 1 aliphatic carbocycles. The molecule has 1 aliphatic heterocycles. The van der Waals surface area contributed by atoms with Crippen LogP contribution < -0.4 is 10.6 Å². The van der Waals surface area contributed by atoms with Crippen LogP contribution in [0.4, 0.5) is 0 Å². The van der Waals surface area contributed by atoms with E-state index in [-0.39, 0.29) is 29.9 Å². The Morgan fingerprint density at radius 3 is 2.75 bits per heavy atom. The highest BCUT2D eigenvalue weighted by atomic mass is 127. The molecule has 0 aromatic carbocycles. The van der Waals surface area contributed by atoms with Gasteiger partial charge in [0, 0.05) is 57.6 Å². The molecule has 1 saturated heterocycles. The van der Waals surface area contributed by atoms with Gasteiger partial charge >= 0.3 is 0 Å². The molecule has 0 spiro atoms. The number of hydrogen-bond acceptors (Lipinski definition) is 3. The summed E-state index contributed by atoms with van der Waals surface area (Å²) in [7, 11) is 1.81. The minimum absolute atomic E-state index is 0. The van der Waals surface area contributed by atoms with Gasteiger partial charge in [0.05, 0.1) is 0 Å². The summed E-state index contributed by atoms with van der Waals surface area (Å²) >= 11 is 0. The molecule has 1 atom stereocenters. The normalized spacial score (nSPS) is 20.3. The minimum Gasteiger partial charge on any atom is -0.356 e. The lowest BCUT2D eigenvalue weighted by molar-refractivity contribution is -0.134. The number of amides is 1. The zero-order valence-corrected chi connectivity index (χ0v) is 19.5. The average molecular weight is 502 g/mol. The number of carbonyl (C=O) groups excluding carboxylic acids is 1. The average Bonchev–Trinajstić information content (AvgIpc) is 3.42. The molecule has 8 heteroatoms. The van der Waals surface area contributed by atoms with E-state index in [0.29, 0.717) is 11.9 Å². The third-order valence-corrected chi connectivity index (χ3v) is 5.81. The van der Waals surface area contributed by atoms with Gasteiger partial charge in [0.1, 0.15) is 5.82 Å². The molecule has 2 N–H and O–H groups in total. The van der Waals surface area contributed by atoms with Gasteiger partial charge in [-0.05, 0) is 39.0 Å². The molecule has 1 unspecified atom stereocenters. The van der Waals surface area contributed by atoms with Gasteiger partial charge in [-0.25, -0.2) is 4.98 Å². The maximum Gasteiger partial charge on any atom is 0.225 e. The van der Waals surface area contributed by atoms with Crippen molar-refractivity contribution in [3.8, 4) is 0 Å². The molecule has 2 fully saturated rings. The summed E-state index contributed by atoms with van der Waals surface area (Å²) in [5, 5.41) is 6.89. The van der Waals surface area contributed by atoms with E-state index in [1.54, 1.807) is 7.05 Å². The molecule has 0 radical (unpaired) electrons. The van der Waals surface area contributed by atoms with E-state index < -0.39 is 0 Å². The van der Waals surface area contributed by atoms with Crippen LogP contribution in [0.5, 0.6) is 0 Å². The van der Waals surface area contributed by atoms with Crippen molar-refractivity contribution < 1.29 is 4.79 Å². The predicted molar refractivity (Wildman–Crippen MR) is 123 cm³/mol. The molecule has 7 nitrogen and oxygen atoms in total. The number of unbranched alkanes of at least 4 members (excludes halogenated alkanes) is 1. The first kappa shape index (κ1) is 23.0. The van der Waals surface area contributed by atoms with Gasteiger partial charge in [0.2, 0.25) is 5.91 Å². The van der Waals surface area contributed by atoms with E-state index in [2.05, 4.69) is 25.2 Å². The maximum atomic E-state index is 12.6. The first-order valence-corrected chi connectivity index (χ1v) is 10.4. The number of halogens is 1. The van der Waals surface area contributed by atoms with Crippen molar-refractivity contribution in [2.75, 3.05) is 26.7 Å². The predicted octanol–water partition coefficient (Wildman–Crippen LogP) is 2.55. The third kappa shape index (κ3) is 6.35. The number of rotatable bonds is 7. The van der Waals surface area contributed by atoms with Crippen LogP contribution in [0.1, 0.15) is 50.8 Å². The Morgan fingerprint density at radius 2 is 2.07 bits per heavy atom. The van der Waals surface area contributed by atoms with Gasteiger partial charge in [0.15, 0.2) is 5.96 Å². The molecule has 0 bridgehead atoms. The fourth-order valence-corrected chi connectivity index (χ4v) is 4.15. The van der Waals surface area contributed by atoms with Crippen LogP contribution in [0.3, 0.4) is 0 Å². The SMILES string of the molecule is CN=C(NCCCCn1ccnc1C)NC1CCN(C(=O)C2CCCC2)C1.I. The first-order chi connectivity index (χ1) is 13.2. The Kier molecular flexibility index (Phi) is 9.53. The molecule has 158 valence electrons. The number of guanidine groups is 1. The standard InChI is InChI=1S/C20H34N6O.HI/c1-16-22-11-14-25(16)12-6-5-10-23-20(21-2)24-18-9-13-26(15-18)19(27)17-7-3-4-8-17;/h11,14,17-18H,3-10,12-13,15H2,1-2H3,(H2,21,23,24);1H. The molecule has 28 heavy (non-hydrogen) atoms. The number of aromatic nitrogens is 2. The highest BCUT2D eigenvalue weighted by Gasteiger charge is 2.32. The van der Waals surface area contributed by atoms with Gasteiger partial charge in [0.25, 0.3) is 0 Å². The smallest absolute Gasteiger partial charge is 0.225 e. The third-order valence-electron chi connectivity index (χ3n) is 5.81. The topological polar surface area (TPSA) is 74.6 Å². The van der Waals surface area contributed by atoms with E-state index in [1.165, 1.54) is 12.8 Å². The van der Waals surface area contributed by atoms with Crippen molar-refractivity contribution in [3.63, 3.8) is 0 Å². The number of nitrogens with one attached hydrogen (secondary N) is 2. The Morgan fingerprint density at radius 1 is 1.29 bits per heavy atom. The lowest BCUT2D eigenvalue weighted by Gasteiger charge is -2.21. The van der Waals surface area contributed by atoms with Crippen LogP contribution in [-0.2, 0) is 11.3 Å². The van der Waals surface area contributed by atoms with E-state index >= 15 is 0 Å². The second-order valence-corrected chi connectivity index (χ2v) is 7.77. The minimum atomic E-state index is 0. The summed E-state index contributed by atoms with van der Waals surface area (Å²) in [5.41, 5.74) is 0. The van der Waals surface area contributed by atoms with Crippen LogP contribution in [0.25, 0.3) is 0 Å². The van der Waals surface area contributed by atoms with Gasteiger partial charge in [-0.2, -0.15) is 0 Å². The Hall–Kier alpha value is -1.32. The Labute approximate surface area is 185 Å². The quantitative estimate of drug-likeness (QED) is 0.260. The fraction of sp³-hybridized carbons (Fsp3) is 0.750. The number of likely N-dealkylation sites (tertiary alicyclic amines) is 1. The van der Waals surface area contributed by atoms with Gasteiger partial charge in [-0.1, -0.05) is 12.8 Å². The van der Waals surface area contributed by atoms with Gasteiger partial charge < -0.3 is 20.1 Å². The molecule has 1 aromatic rings. The van der Waals surface area contributed by atoms with Crippen molar-refractivity contribution in [2.45, 2.75) is 64.5 Å². The highest BCUT2D eigenvalue weighted by molar-refractivity contribution is 14.0. The number of aliphatic imine (C=N–C) groups is 1. The summed E-state index contributed by atoms with van der Waals surface area (Å²) < 4.78 is 2.18. The molecule has 1 saturated carbocycles. The summed E-state index contributed by atoms with van der Waals surface area (Å²) in [6.45, 7) is 5.60. The van der Waals surface area contributed by atoms with Crippen molar-refractivity contribution >= 4 is 35.8 Å². The number of hydrogen-bond donors (Lipinski definition) is 2. The summed E-state index contributed by atoms with van der Waals surface area (Å²) in [6.07, 6.45) is 11.6. The molecule has 2 aliphatic rings. The fourth-order valence-electron chi connectivity index (χ4n) is 4.15. The lowest BCUT2D eigenvalue weighted by atomic mass is 10.1. The lowest BCUT2D eigenvalue weighted by Crippen LogP contribution is -2.45. The maximum absolute atomic E-state index is 12.6. The number of carbonyl (C=O) groups is 1. The van der Waals surface area contributed by atoms with E-state index in [0.717, 1.165) is 70.1 Å². The molecule has 1 amide bonds. The largest absolute Gasteiger partial charge is 0.356 e. The number of imidazole rings is 1. The molecule has 1 aromatic heterocycles. The number of aryl methyl sites for hydroxylation is 2. The zero-order valence-electron chi connectivity index (χ0n) is 17.2. The van der Waals surface area contributed by atoms with Crippen LogP contribution in [0.15, 0.2) is 17.4 Å². The Bertz CT molecular complexity index is 640. The summed E-state index contributed by atoms with van der Waals surface area (Å²) in [4.78, 5) is 23.2. The van der Waals surface area contributed by atoms with Crippen LogP contribution in [0.2, 0.25) is 0 Å². The van der Waals surface area contributed by atoms with E-state index in [4.69, 9.17) is 0 Å². The highest BCUT2D eigenvalue weighted by Crippen LogP contribution is 2.27. The van der Waals surface area contributed by atoms with Crippen molar-refractivity contribution in [1.29, 1.82) is 0 Å². The van der Waals surface area contributed by atoms with Crippen LogP contribution in [0, 0.1) is 12.8 Å². The van der Waals surface area contributed by atoms with Gasteiger partial charge in [-0.15, -0.1) is 24.0 Å². The van der Waals surface area contributed by atoms with Crippen molar-refractivity contribution in [2.24, 2.45) is 10.9 Å². The van der Waals surface area contributed by atoms with Crippen molar-refractivity contribution in [3.05, 3.63) is 18.2 Å². The summed E-state index contributed by atoms with van der Waals surface area (Å²) in [6, 6.07) is 0.301. The number of nitrogens with zero attached hydrogens (tertiary/aromatic N) is 4. The summed E-state index contributed by atoms with van der Waals surface area (Å²) in [5.74, 6) is 2.56. The second kappa shape index (κ2) is 11.6. The van der Waals surface area contributed by atoms with Crippen LogP contribution in [-0.4, -0.2) is 59.0 Å². The Balaban J connectivity index is 0.00000280. The van der Waals surface area contributed by atoms with E-state index in [9.17, 15) is 4.79 Å². The van der Waals surface area contributed by atoms with Crippen molar-refractivity contribution in [1.82, 2.24) is 25.1 Å². The molecular formula is C20H35IN6O. The molecule has 2 heterocycles. The van der Waals surface area contributed by atoms with Crippen LogP contribution >= 0.6 is 24.0 Å². The second-order valence-electron chi connectivity index (χ2n) is 7.77. The monoisotopic (exact) mass is 502 g/mol. The molecule has 3 rings (SSSR count). The first-order valence-electron chi connectivity index (χ1n) is 10.4. The zero-order chi connectivity index (χ0) is 19.1. The molecular weight excluding hydrogens is 467 g/mol. The van der Waals surface area contributed by atoms with Gasteiger partial charge in [-0.3, -0.25) is 9.79 Å².